The fraction of sp³-hybridized carbons (Fsp3) is 0.227. The maximum Gasteiger partial charge on any atom is 0.144 e. The van der Waals surface area contributed by atoms with Crippen molar-refractivity contribution < 1.29 is 8.53 Å². The number of nitrogens with zero attached hydrogens (tertiary/aromatic N) is 2. The zero-order valence-corrected chi connectivity index (χ0v) is 29.7. The lowest BCUT2D eigenvalue weighted by Gasteiger charge is -2.22. The molecule has 7 rings (SSSR count). The highest BCUT2D eigenvalue weighted by Gasteiger charge is 2.27. The van der Waals surface area contributed by atoms with E-state index in [4.69, 9.17) is 13.5 Å². The smallest absolute Gasteiger partial charge is 0.144 e. The molecule has 0 atom stereocenters. The van der Waals surface area contributed by atoms with Crippen LogP contribution in [0, 0.1) is 18.2 Å². The first-order chi connectivity index (χ1) is 24.2. The fourth-order valence-electron chi connectivity index (χ4n) is 7.17. The van der Waals surface area contributed by atoms with E-state index in [9.17, 15) is 5.26 Å². The van der Waals surface area contributed by atoms with Crippen molar-refractivity contribution in [2.75, 3.05) is 0 Å². The van der Waals surface area contributed by atoms with E-state index in [1.54, 1.807) is 0 Å². The maximum atomic E-state index is 10.4. The lowest BCUT2D eigenvalue weighted by atomic mass is 9.83. The summed E-state index contributed by atoms with van der Waals surface area (Å²) >= 11 is 0. The molecule has 48 heavy (non-hydrogen) atoms. The zero-order valence-electron chi connectivity index (χ0n) is 31.7. The van der Waals surface area contributed by atoms with Crippen molar-refractivity contribution in [3.63, 3.8) is 0 Å². The van der Waals surface area contributed by atoms with Gasteiger partial charge in [-0.3, -0.25) is 4.98 Å². The average molecular weight is 646 g/mol. The molecule has 2 aromatic heterocycles. The molecule has 0 bridgehead atoms. The van der Waals surface area contributed by atoms with Gasteiger partial charge in [-0.1, -0.05) is 108 Å². The van der Waals surface area contributed by atoms with Crippen molar-refractivity contribution in [3.8, 4) is 39.6 Å². The molecule has 0 unspecified atom stereocenters. The summed E-state index contributed by atoms with van der Waals surface area (Å²) in [4.78, 5) is 4.85. The summed E-state index contributed by atoms with van der Waals surface area (Å²) < 4.78 is 32.6. The van der Waals surface area contributed by atoms with Gasteiger partial charge in [-0.25, -0.2) is 0 Å². The predicted octanol–water partition coefficient (Wildman–Crippen LogP) is 12.1. The van der Waals surface area contributed by atoms with Gasteiger partial charge in [0.25, 0.3) is 0 Å². The van der Waals surface area contributed by atoms with Crippen LogP contribution >= 0.6 is 0 Å². The van der Waals surface area contributed by atoms with Gasteiger partial charge < -0.3 is 4.42 Å². The van der Waals surface area contributed by atoms with Crippen molar-refractivity contribution in [3.05, 3.63) is 119 Å². The molecular weight excluding hydrogens is 601 g/mol. The number of rotatable bonds is 6. The molecule has 0 spiro atoms. The van der Waals surface area contributed by atoms with Crippen LogP contribution in [0.5, 0.6) is 0 Å². The standard InChI is InChI=1S/C44H42N2OSi/c1-26(2)33-14-11-15-34(27(3)4)41(33)37-23-38(46-25-28(37)5)35-20-21-39(48(6,7)8)42-36-19-18-32(24-45)40(44(36)47-43(35)42)31-17-16-29-12-9-10-13-30(29)22-31/h9-23,25-27H,1-8H3/i5D3. The van der Waals surface area contributed by atoms with Gasteiger partial charge in [-0.05, 0) is 98.4 Å². The quantitative estimate of drug-likeness (QED) is 0.169. The van der Waals surface area contributed by atoms with Crippen molar-refractivity contribution in [2.45, 2.75) is 66.0 Å². The van der Waals surface area contributed by atoms with Gasteiger partial charge in [0.2, 0.25) is 0 Å². The number of hydrogen-bond acceptors (Lipinski definition) is 3. The Bertz CT molecular complexity index is 2500. The Morgan fingerprint density at radius 1 is 0.750 bits per heavy atom. The van der Waals surface area contributed by atoms with E-state index in [2.05, 4.69) is 114 Å². The van der Waals surface area contributed by atoms with Gasteiger partial charge in [0.15, 0.2) is 0 Å². The number of pyridine rings is 1. The Morgan fingerprint density at radius 3 is 2.15 bits per heavy atom. The van der Waals surface area contributed by atoms with Crippen LogP contribution < -0.4 is 5.19 Å². The molecule has 2 heterocycles. The molecule has 4 heteroatoms. The molecule has 0 fully saturated rings. The number of hydrogen-bond donors (Lipinski definition) is 0. The van der Waals surface area contributed by atoms with Crippen LogP contribution in [-0.2, 0) is 0 Å². The van der Waals surface area contributed by atoms with Gasteiger partial charge in [-0.15, -0.1) is 0 Å². The van der Waals surface area contributed by atoms with Crippen molar-refractivity contribution in [1.29, 1.82) is 5.26 Å². The van der Waals surface area contributed by atoms with Gasteiger partial charge in [0.05, 0.1) is 25.4 Å². The second-order valence-electron chi connectivity index (χ2n) is 14.5. The minimum Gasteiger partial charge on any atom is -0.455 e. The Kier molecular flexibility index (Phi) is 6.97. The highest BCUT2D eigenvalue weighted by atomic mass is 28.3. The molecule has 7 aromatic rings. The highest BCUT2D eigenvalue weighted by Crippen LogP contribution is 2.43. The number of fused-ring (bicyclic) bond motifs is 4. The van der Waals surface area contributed by atoms with E-state index in [0.29, 0.717) is 28.0 Å². The fourth-order valence-corrected chi connectivity index (χ4v) is 8.75. The van der Waals surface area contributed by atoms with E-state index in [1.165, 1.54) is 11.4 Å². The van der Waals surface area contributed by atoms with Gasteiger partial charge in [-0.2, -0.15) is 5.26 Å². The van der Waals surface area contributed by atoms with Gasteiger partial charge in [0.1, 0.15) is 11.2 Å². The molecule has 0 radical (unpaired) electrons. The van der Waals surface area contributed by atoms with Crippen molar-refractivity contribution in [2.24, 2.45) is 0 Å². The van der Waals surface area contributed by atoms with Crippen LogP contribution in [0.15, 0.2) is 102 Å². The van der Waals surface area contributed by atoms with Crippen LogP contribution in [-0.4, -0.2) is 13.1 Å². The number of benzene rings is 5. The van der Waals surface area contributed by atoms with Crippen molar-refractivity contribution in [1.82, 2.24) is 4.98 Å². The summed E-state index contributed by atoms with van der Waals surface area (Å²) in [5.74, 6) is 0.362. The molecule has 0 saturated heterocycles. The average Bonchev–Trinajstić information content (AvgIpc) is 3.48. The van der Waals surface area contributed by atoms with E-state index < -0.39 is 14.9 Å². The summed E-state index contributed by atoms with van der Waals surface area (Å²) in [7, 11) is -1.91. The first-order valence-corrected chi connectivity index (χ1v) is 20.2. The molecule has 3 nitrogen and oxygen atoms in total. The number of furan rings is 1. The first-order valence-electron chi connectivity index (χ1n) is 18.2. The summed E-state index contributed by atoms with van der Waals surface area (Å²) in [6.45, 7) is 13.2. The summed E-state index contributed by atoms with van der Waals surface area (Å²) in [6, 6.07) is 33.4. The van der Waals surface area contributed by atoms with Crippen LogP contribution in [0.2, 0.25) is 19.6 Å². The topological polar surface area (TPSA) is 49.8 Å². The van der Waals surface area contributed by atoms with Crippen LogP contribution in [0.1, 0.15) is 65.9 Å². The Hall–Kier alpha value is -4.98. The molecule has 0 N–H and O–H groups in total. The SMILES string of the molecule is [2H]C([2H])([2H])c1cnc(-c2ccc([Si](C)(C)C)c3c2oc2c(-c4ccc5ccccc5c4)c(C#N)ccc23)cc1-c1c(C(C)C)cccc1C(C)C. The van der Waals surface area contributed by atoms with Crippen LogP contribution in [0.4, 0.5) is 0 Å². The summed E-state index contributed by atoms with van der Waals surface area (Å²) in [6.07, 6.45) is 1.54. The van der Waals surface area contributed by atoms with E-state index in [0.717, 1.165) is 54.9 Å². The first kappa shape index (κ1) is 28.1. The molecule has 238 valence electrons. The number of nitriles is 1. The summed E-state index contributed by atoms with van der Waals surface area (Å²) in [5.41, 5.74) is 9.11. The minimum absolute atomic E-state index is 0.181. The monoisotopic (exact) mass is 645 g/mol. The largest absolute Gasteiger partial charge is 0.455 e. The lowest BCUT2D eigenvalue weighted by molar-refractivity contribution is 0.671. The molecule has 0 amide bonds. The zero-order chi connectivity index (χ0) is 36.4. The molecule has 5 aromatic carbocycles. The molecule has 0 aliphatic carbocycles. The Balaban J connectivity index is 1.58. The third kappa shape index (κ3) is 5.23. The van der Waals surface area contributed by atoms with Crippen LogP contribution in [0.25, 0.3) is 66.2 Å². The molecule has 0 saturated carbocycles. The Labute approximate surface area is 289 Å². The van der Waals surface area contributed by atoms with Crippen LogP contribution in [0.3, 0.4) is 0 Å². The normalized spacial score (nSPS) is 13.3. The molecule has 0 aliphatic heterocycles. The van der Waals surface area contributed by atoms with Crippen molar-refractivity contribution >= 4 is 46.0 Å². The maximum absolute atomic E-state index is 10.4. The molecule has 0 aliphatic rings. The second-order valence-corrected chi connectivity index (χ2v) is 19.5. The van der Waals surface area contributed by atoms with Gasteiger partial charge in [0, 0.05) is 32.2 Å². The second kappa shape index (κ2) is 11.9. The third-order valence-electron chi connectivity index (χ3n) is 9.58. The van der Waals surface area contributed by atoms with E-state index in [-0.39, 0.29) is 17.4 Å². The van der Waals surface area contributed by atoms with Gasteiger partial charge >= 0.3 is 0 Å². The third-order valence-corrected chi connectivity index (χ3v) is 11.6. The lowest BCUT2D eigenvalue weighted by Crippen LogP contribution is -2.37. The molecular formula is C44H42N2OSi. The number of aromatic nitrogens is 1. The van der Waals surface area contributed by atoms with E-state index in [1.807, 2.05) is 30.3 Å². The van der Waals surface area contributed by atoms with E-state index >= 15 is 0 Å². The highest BCUT2D eigenvalue weighted by molar-refractivity contribution is 6.90. The summed E-state index contributed by atoms with van der Waals surface area (Å²) in [5, 5.41) is 15.8. The minimum atomic E-state index is -2.36. The Morgan fingerprint density at radius 2 is 1.48 bits per heavy atom. The predicted molar refractivity (Wildman–Crippen MR) is 206 cm³/mol. The number of aryl methyl sites for hydroxylation is 1.